The van der Waals surface area contributed by atoms with E-state index >= 15 is 0 Å². The van der Waals surface area contributed by atoms with Crippen LogP contribution in [-0.2, 0) is 13.1 Å². The first-order chi connectivity index (χ1) is 17.5. The van der Waals surface area contributed by atoms with Crippen molar-refractivity contribution < 1.29 is 17.6 Å². The molecule has 2 aromatic heterocycles. The Morgan fingerprint density at radius 2 is 0.861 bits per heavy atom. The van der Waals surface area contributed by atoms with Gasteiger partial charge in [-0.05, 0) is 70.4 Å². The summed E-state index contributed by atoms with van der Waals surface area (Å²) in [5.74, 6) is -2.31. The highest BCUT2D eigenvalue weighted by Gasteiger charge is 2.13. The Kier molecular flexibility index (Phi) is 5.37. The highest BCUT2D eigenvalue weighted by molar-refractivity contribution is 5.89. The Bertz CT molecular complexity index is 1580. The number of hydrogen-bond acceptors (Lipinski definition) is 0. The molecule has 4 aromatic carbocycles. The van der Waals surface area contributed by atoms with Gasteiger partial charge in [0.25, 0.3) is 0 Å². The Balaban J connectivity index is 1.39. The van der Waals surface area contributed by atoms with Crippen molar-refractivity contribution >= 4 is 21.8 Å². The van der Waals surface area contributed by atoms with Crippen LogP contribution in [0.4, 0.5) is 17.6 Å². The minimum atomic E-state index is -0.578. The second kappa shape index (κ2) is 8.72. The van der Waals surface area contributed by atoms with E-state index in [0.29, 0.717) is 0 Å². The number of hydrogen-bond donors (Lipinski definition) is 0. The summed E-state index contributed by atoms with van der Waals surface area (Å²) in [5, 5.41) is 1.91. The summed E-state index contributed by atoms with van der Waals surface area (Å²) in [5.41, 5.74) is 3.56. The van der Waals surface area contributed by atoms with Crippen LogP contribution >= 0.6 is 0 Å². The van der Waals surface area contributed by atoms with E-state index in [4.69, 9.17) is 0 Å². The second-order valence-electron chi connectivity index (χ2n) is 8.83. The van der Waals surface area contributed by atoms with Crippen molar-refractivity contribution in [3.05, 3.63) is 132 Å². The smallest absolute Gasteiger partial charge is 0.131 e. The SMILES string of the molecule is Fc1cccc(F)c1Cn1ccc2ccc(-c3ccc4ccn(Cc5c(F)cccc5F)c4c3)cc21. The Morgan fingerprint density at radius 3 is 1.25 bits per heavy atom. The molecule has 6 rings (SSSR count). The molecule has 0 amide bonds. The lowest BCUT2D eigenvalue weighted by molar-refractivity contribution is 0.546. The van der Waals surface area contributed by atoms with E-state index in [1.807, 2.05) is 70.1 Å². The van der Waals surface area contributed by atoms with Crippen molar-refractivity contribution in [3.8, 4) is 11.1 Å². The molecular weight excluding hydrogens is 464 g/mol. The Labute approximate surface area is 204 Å². The molecular formula is C30H20F4N2. The number of halogens is 4. The van der Waals surface area contributed by atoms with Gasteiger partial charge in [0.05, 0.1) is 13.1 Å². The van der Waals surface area contributed by atoms with E-state index in [2.05, 4.69) is 0 Å². The Morgan fingerprint density at radius 1 is 0.472 bits per heavy atom. The van der Waals surface area contributed by atoms with Crippen molar-refractivity contribution in [2.24, 2.45) is 0 Å². The van der Waals surface area contributed by atoms with Crippen LogP contribution in [0.3, 0.4) is 0 Å². The molecule has 0 spiro atoms. The van der Waals surface area contributed by atoms with Crippen molar-refractivity contribution in [1.29, 1.82) is 0 Å². The van der Waals surface area contributed by atoms with Crippen LogP contribution in [0.5, 0.6) is 0 Å². The normalized spacial score (nSPS) is 11.6. The molecule has 6 heteroatoms. The minimum absolute atomic E-state index is 0.0139. The van der Waals surface area contributed by atoms with Gasteiger partial charge >= 0.3 is 0 Å². The number of rotatable bonds is 5. The quantitative estimate of drug-likeness (QED) is 0.220. The molecule has 0 bridgehead atoms. The van der Waals surface area contributed by atoms with Gasteiger partial charge in [0.15, 0.2) is 0 Å². The standard InChI is InChI=1S/C30H20F4N2/c31-25-3-1-4-26(32)23(25)17-35-13-11-19-7-9-21(15-29(19)35)22-10-8-20-12-14-36(30(20)16-22)18-24-27(33)5-2-6-28(24)34/h1-16H,17-18H2. The van der Waals surface area contributed by atoms with Crippen LogP contribution in [-0.4, -0.2) is 9.13 Å². The van der Waals surface area contributed by atoms with Crippen LogP contribution < -0.4 is 0 Å². The number of benzene rings is 4. The van der Waals surface area contributed by atoms with Crippen LogP contribution in [0.1, 0.15) is 11.1 Å². The number of fused-ring (bicyclic) bond motifs is 2. The van der Waals surface area contributed by atoms with Gasteiger partial charge in [-0.25, -0.2) is 17.6 Å². The van der Waals surface area contributed by atoms with E-state index in [9.17, 15) is 17.6 Å². The average molecular weight is 484 g/mol. The lowest BCUT2D eigenvalue weighted by Gasteiger charge is -2.11. The van der Waals surface area contributed by atoms with E-state index in [1.54, 1.807) is 0 Å². The topological polar surface area (TPSA) is 9.86 Å². The van der Waals surface area contributed by atoms with Gasteiger partial charge in [-0.15, -0.1) is 0 Å². The average Bonchev–Trinajstić information content (AvgIpc) is 3.47. The van der Waals surface area contributed by atoms with Crippen molar-refractivity contribution in [2.45, 2.75) is 13.1 Å². The molecule has 2 nitrogen and oxygen atoms in total. The molecule has 178 valence electrons. The van der Waals surface area contributed by atoms with Crippen LogP contribution in [0.2, 0.25) is 0 Å². The molecule has 0 aliphatic heterocycles. The van der Waals surface area contributed by atoms with Gasteiger partial charge < -0.3 is 9.13 Å². The lowest BCUT2D eigenvalue weighted by atomic mass is 10.0. The largest absolute Gasteiger partial charge is 0.343 e. The molecule has 0 N–H and O–H groups in total. The van der Waals surface area contributed by atoms with Gasteiger partial charge in [-0.2, -0.15) is 0 Å². The van der Waals surface area contributed by atoms with Crippen molar-refractivity contribution in [3.63, 3.8) is 0 Å². The number of nitrogens with zero attached hydrogens (tertiary/aromatic N) is 2. The summed E-state index contributed by atoms with van der Waals surface area (Å²) in [6.45, 7) is 0.142. The van der Waals surface area contributed by atoms with Gasteiger partial charge in [-0.3, -0.25) is 0 Å². The summed E-state index contributed by atoms with van der Waals surface area (Å²) >= 11 is 0. The van der Waals surface area contributed by atoms with Crippen LogP contribution in [0, 0.1) is 23.3 Å². The molecule has 0 atom stereocenters. The molecule has 0 aliphatic carbocycles. The second-order valence-corrected chi connectivity index (χ2v) is 8.83. The predicted molar refractivity (Wildman–Crippen MR) is 134 cm³/mol. The maximum atomic E-state index is 14.2. The number of aromatic nitrogens is 2. The molecule has 2 heterocycles. The zero-order chi connectivity index (χ0) is 24.8. The fourth-order valence-electron chi connectivity index (χ4n) is 4.71. The van der Waals surface area contributed by atoms with Crippen LogP contribution in [0.25, 0.3) is 32.9 Å². The predicted octanol–water partition coefficient (Wildman–Crippen LogP) is 7.92. The molecule has 6 aromatic rings. The fourth-order valence-corrected chi connectivity index (χ4v) is 4.71. The summed E-state index contributed by atoms with van der Waals surface area (Å²) in [7, 11) is 0. The first-order valence-corrected chi connectivity index (χ1v) is 11.5. The maximum Gasteiger partial charge on any atom is 0.131 e. The zero-order valence-corrected chi connectivity index (χ0v) is 19.1. The molecule has 0 unspecified atom stereocenters. The third-order valence-corrected chi connectivity index (χ3v) is 6.66. The highest BCUT2D eigenvalue weighted by atomic mass is 19.1. The molecule has 0 fully saturated rings. The van der Waals surface area contributed by atoms with E-state index in [1.165, 1.54) is 36.4 Å². The summed E-state index contributed by atoms with van der Waals surface area (Å²) in [6.07, 6.45) is 3.63. The summed E-state index contributed by atoms with van der Waals surface area (Å²) < 4.78 is 60.6. The molecule has 0 saturated heterocycles. The van der Waals surface area contributed by atoms with Gasteiger partial charge in [0, 0.05) is 34.6 Å². The first kappa shape index (κ1) is 22.2. The zero-order valence-electron chi connectivity index (χ0n) is 19.1. The minimum Gasteiger partial charge on any atom is -0.343 e. The van der Waals surface area contributed by atoms with E-state index in [0.717, 1.165) is 32.9 Å². The third-order valence-electron chi connectivity index (χ3n) is 6.66. The maximum absolute atomic E-state index is 14.2. The van der Waals surface area contributed by atoms with Gasteiger partial charge in [0.1, 0.15) is 23.3 Å². The molecule has 0 radical (unpaired) electrons. The van der Waals surface area contributed by atoms with E-state index in [-0.39, 0.29) is 24.2 Å². The fraction of sp³-hybridized carbons (Fsp3) is 0.0667. The van der Waals surface area contributed by atoms with Crippen LogP contribution in [0.15, 0.2) is 97.3 Å². The van der Waals surface area contributed by atoms with Crippen molar-refractivity contribution in [2.75, 3.05) is 0 Å². The first-order valence-electron chi connectivity index (χ1n) is 11.5. The Hall–Kier alpha value is -4.32. The molecule has 0 saturated carbocycles. The highest BCUT2D eigenvalue weighted by Crippen LogP contribution is 2.30. The molecule has 0 aliphatic rings. The third kappa shape index (κ3) is 3.85. The summed E-state index contributed by atoms with van der Waals surface area (Å²) in [6, 6.07) is 23.4. The monoisotopic (exact) mass is 484 g/mol. The van der Waals surface area contributed by atoms with E-state index < -0.39 is 23.3 Å². The van der Waals surface area contributed by atoms with Gasteiger partial charge in [0.2, 0.25) is 0 Å². The van der Waals surface area contributed by atoms with Gasteiger partial charge in [-0.1, -0.05) is 36.4 Å². The summed E-state index contributed by atoms with van der Waals surface area (Å²) in [4.78, 5) is 0. The van der Waals surface area contributed by atoms with Crippen molar-refractivity contribution in [1.82, 2.24) is 9.13 Å². The lowest BCUT2D eigenvalue weighted by Crippen LogP contribution is -2.03. The molecule has 36 heavy (non-hydrogen) atoms.